The number of esters is 5. The first-order valence-corrected chi connectivity index (χ1v) is 42.9. The van der Waals surface area contributed by atoms with Crippen molar-refractivity contribution in [2.24, 2.45) is 0 Å². The predicted molar refractivity (Wildman–Crippen MR) is 517 cm³/mol. The van der Waals surface area contributed by atoms with Crippen molar-refractivity contribution in [2.45, 2.75) is 120 Å². The number of carboxylic acid groups (broad SMARTS) is 1. The molecule has 0 fully saturated rings. The lowest BCUT2D eigenvalue weighted by molar-refractivity contribution is -0.142. The molecule has 7 N–H and O–H groups in total. The van der Waals surface area contributed by atoms with Crippen molar-refractivity contribution in [1.82, 2.24) is 34.9 Å². The van der Waals surface area contributed by atoms with Crippen LogP contribution in [0.15, 0.2) is 231 Å². The number of nitrogens with zero attached hydrogens (tertiary/aromatic N) is 7. The molecule has 7 heterocycles. The summed E-state index contributed by atoms with van der Waals surface area (Å²) < 4.78 is 51.8. The van der Waals surface area contributed by atoms with E-state index in [-0.39, 0.29) is 101 Å². The highest BCUT2D eigenvalue weighted by molar-refractivity contribution is 6.08. The summed E-state index contributed by atoms with van der Waals surface area (Å²) in [5.74, 6) is -1.56. The summed E-state index contributed by atoms with van der Waals surface area (Å²) in [7, 11) is 5.12. The summed E-state index contributed by atoms with van der Waals surface area (Å²) in [6.07, 6.45) is 17.6. The van der Waals surface area contributed by atoms with Gasteiger partial charge in [0.1, 0.15) is 70.7 Å². The van der Waals surface area contributed by atoms with Crippen molar-refractivity contribution >= 4 is 125 Å². The minimum Gasteiger partial charge on any atom is -0.491 e. The minimum absolute atomic E-state index is 0.0248. The molecule has 0 saturated heterocycles. The van der Waals surface area contributed by atoms with Gasteiger partial charge in [0.25, 0.3) is 29.5 Å². The van der Waals surface area contributed by atoms with Crippen LogP contribution in [0.25, 0.3) is 24.3 Å². The van der Waals surface area contributed by atoms with Crippen molar-refractivity contribution in [3.05, 3.63) is 326 Å². The highest BCUT2D eigenvalue weighted by Crippen LogP contribution is 2.28. The number of ether oxygens (including phenoxy) is 10. The molecule has 0 aliphatic carbocycles. The van der Waals surface area contributed by atoms with E-state index in [0.29, 0.717) is 91.2 Å². The fraction of sp³-hybridized carbons (Fsp3) is 0.214. The second-order valence-corrected chi connectivity index (χ2v) is 30.9. The minimum atomic E-state index is -1.08. The van der Waals surface area contributed by atoms with E-state index in [9.17, 15) is 62.6 Å². The number of hydrogen-bond acceptors (Lipinski definition) is 30. The number of carbonyl (C=O) groups excluding carboxylic acids is 11. The Morgan fingerprint density at radius 1 is 0.317 bits per heavy atom. The molecule has 0 bridgehead atoms. The molecule has 0 saturated carbocycles. The molecule has 12 rings (SSSR count). The summed E-state index contributed by atoms with van der Waals surface area (Å²) in [5.41, 5.74) is 7.58. The lowest BCUT2D eigenvalue weighted by atomic mass is 10.1. The molecule has 7 aromatic heterocycles. The number of rotatable bonds is 33. The quantitative estimate of drug-likeness (QED) is 0.0114. The van der Waals surface area contributed by atoms with Gasteiger partial charge >= 0.3 is 35.8 Å². The van der Waals surface area contributed by atoms with Crippen LogP contribution in [0.2, 0.25) is 0 Å². The first-order chi connectivity index (χ1) is 66.5. The van der Waals surface area contributed by atoms with Crippen LogP contribution >= 0.6 is 0 Å². The molecule has 5 amide bonds. The van der Waals surface area contributed by atoms with Crippen LogP contribution < -0.4 is 50.3 Å². The van der Waals surface area contributed by atoms with Crippen LogP contribution in [0.3, 0.4) is 0 Å². The highest BCUT2D eigenvalue weighted by atomic mass is 16.5. The van der Waals surface area contributed by atoms with Gasteiger partial charge < -0.3 is 84.2 Å². The van der Waals surface area contributed by atoms with Crippen molar-refractivity contribution < 1.29 is 115 Å². The lowest BCUT2D eigenvalue weighted by Gasteiger charge is -2.13. The van der Waals surface area contributed by atoms with Crippen LogP contribution in [0.4, 0.5) is 29.1 Å². The smallest absolute Gasteiger partial charge is 0.339 e. The zero-order valence-corrected chi connectivity index (χ0v) is 78.6. The molecule has 0 spiro atoms. The average molecular weight is 1890 g/mol. The Labute approximate surface area is 801 Å². The van der Waals surface area contributed by atoms with Crippen LogP contribution in [0, 0.1) is 0 Å². The van der Waals surface area contributed by atoms with E-state index in [4.69, 9.17) is 33.5 Å². The molecule has 720 valence electrons. The zero-order chi connectivity index (χ0) is 101. The molecule has 0 radical (unpaired) electrons. The van der Waals surface area contributed by atoms with Crippen molar-refractivity contribution in [3.63, 3.8) is 0 Å². The van der Waals surface area contributed by atoms with Crippen LogP contribution in [-0.2, 0) is 41.7 Å². The van der Waals surface area contributed by atoms with E-state index in [0.717, 1.165) is 22.5 Å². The largest absolute Gasteiger partial charge is 0.491 e. The van der Waals surface area contributed by atoms with Gasteiger partial charge in [-0.05, 0) is 280 Å². The maximum absolute atomic E-state index is 12.8. The third-order valence-corrected chi connectivity index (χ3v) is 17.9. The Kier molecular flexibility index (Phi) is 41.4. The summed E-state index contributed by atoms with van der Waals surface area (Å²) in [5, 5.41) is 31.6. The Hall–Kier alpha value is -17.6. The number of amides is 5. The topological polar surface area (TPSA) is 488 Å². The number of pyridine rings is 7. The third kappa shape index (κ3) is 36.4. The van der Waals surface area contributed by atoms with E-state index in [2.05, 4.69) is 80.4 Å². The van der Waals surface area contributed by atoms with Crippen molar-refractivity contribution in [2.75, 3.05) is 55.0 Å². The van der Waals surface area contributed by atoms with Crippen LogP contribution in [0.1, 0.15) is 224 Å². The van der Waals surface area contributed by atoms with Gasteiger partial charge in [0.15, 0.2) is 0 Å². The number of aromatic nitrogens is 7. The van der Waals surface area contributed by atoms with E-state index in [1.165, 1.54) is 127 Å². The second-order valence-electron chi connectivity index (χ2n) is 30.9. The predicted octanol–water partition coefficient (Wildman–Crippen LogP) is 16.9. The standard InChI is InChI=1S/C24H23N3O4.C23H21N3O4.C20H22N2O6.C18H20N2O5.C18H18N2O5/c1-16(2)31-21-13-17(7-9-20-6-4-5-11-25-20)12-19(14-21)23(28)27-22-10-8-18(15-26-22)24(29)30-3;1-15(2)30-20-12-16(6-8-19-5-3-4-10-24-19)11-18(13-20)22(27)26-21-9-7-17(14-25-21)23(28)29;1-12(2)28-17-8-14(11-27-13(3)23)7-16(9-17)19(24)22-18-6-5-15(10-21-18)20(25)26-4;2*1-11(2)25-15-7-12(10-21)6-14(8-15)17(22)20-16-5-4-13(9-19-16)18(23)24-3/h4-16H,1-3H3,(H,26,27,28);3-15H,1-2H3,(H,28,29)(H,25,26,27);5-10,12H,11H2,1-4H3,(H,21,22,24);4-9,11,21H,10H2,1-3H3,(H,19,20,22);4-11H,1-3H3,(H,19,20,22)/b9-7+;8-6+;;;. The number of aliphatic hydroxyl groups excluding tert-OH is 1. The Bertz CT molecular complexity index is 6300. The SMILES string of the molecule is CC(C)Oc1cc(/C=C/c2ccccn2)cc(C(=O)Nc2ccc(C(=O)O)cn2)c1.COC(=O)c1ccc(NC(=O)c2cc(/C=C/c3ccccn3)cc(OC(C)C)c2)nc1.COC(=O)c1ccc(NC(=O)c2cc(C=O)cc(OC(C)C)c2)nc1.COC(=O)c1ccc(NC(=O)c2cc(CO)cc(OC(C)C)c2)nc1.COC(=O)c1ccc(NC(=O)c2cc(COC(C)=O)cc(OC(C)C)c2)nc1. The first-order valence-electron chi connectivity index (χ1n) is 42.9. The van der Waals surface area contributed by atoms with Gasteiger partial charge in [0, 0.05) is 83.7 Å². The molecule has 139 heavy (non-hydrogen) atoms. The molecule has 0 aliphatic heterocycles. The summed E-state index contributed by atoms with van der Waals surface area (Å²) in [4.78, 5) is 170. The van der Waals surface area contributed by atoms with Gasteiger partial charge in [-0.2, -0.15) is 0 Å². The highest BCUT2D eigenvalue weighted by Gasteiger charge is 2.21. The number of nitrogens with one attached hydrogen (secondary N) is 5. The van der Waals surface area contributed by atoms with Crippen molar-refractivity contribution in [1.29, 1.82) is 0 Å². The summed E-state index contributed by atoms with van der Waals surface area (Å²) >= 11 is 0. The number of methoxy groups -OCH3 is 4. The second kappa shape index (κ2) is 54.0. The Morgan fingerprint density at radius 3 is 0.842 bits per heavy atom. The summed E-state index contributed by atoms with van der Waals surface area (Å²) in [6, 6.07) is 51.0. The molecule has 12 aromatic rings. The number of carbonyl (C=O) groups is 12. The van der Waals surface area contributed by atoms with Gasteiger partial charge in [-0.15, -0.1) is 0 Å². The molecule has 5 aromatic carbocycles. The molecular weight excluding hydrogens is 1790 g/mol. The van der Waals surface area contributed by atoms with E-state index < -0.39 is 53.5 Å². The number of aliphatic hydroxyl groups is 1. The number of aldehydes is 1. The Balaban J connectivity index is 0.000000214. The van der Waals surface area contributed by atoms with Gasteiger partial charge in [-0.1, -0.05) is 24.3 Å². The van der Waals surface area contributed by atoms with Crippen molar-refractivity contribution in [3.8, 4) is 28.7 Å². The monoisotopic (exact) mass is 1890 g/mol. The molecule has 0 aliphatic rings. The van der Waals surface area contributed by atoms with E-state index >= 15 is 0 Å². The maximum atomic E-state index is 12.8. The number of aromatic carboxylic acids is 1. The number of benzene rings is 5. The van der Waals surface area contributed by atoms with Gasteiger partial charge in [0.2, 0.25) is 0 Å². The number of hydrogen-bond donors (Lipinski definition) is 7. The van der Waals surface area contributed by atoms with Gasteiger partial charge in [-0.3, -0.25) is 43.5 Å². The number of carboxylic acids is 1. The van der Waals surface area contributed by atoms with E-state index in [1.54, 1.807) is 91.3 Å². The van der Waals surface area contributed by atoms with Gasteiger partial charge in [-0.25, -0.2) is 48.9 Å². The molecular formula is C103H104N12O24. The zero-order valence-electron chi connectivity index (χ0n) is 78.6. The first kappa shape index (κ1) is 107. The summed E-state index contributed by atoms with van der Waals surface area (Å²) in [6.45, 7) is 20.0. The normalized spacial score (nSPS) is 10.6. The molecule has 0 unspecified atom stereocenters. The van der Waals surface area contributed by atoms with Crippen LogP contribution in [-0.4, -0.2) is 176 Å². The number of anilines is 5. The average Bonchev–Trinajstić information content (AvgIpc) is 0.844. The fourth-order valence-corrected chi connectivity index (χ4v) is 11.8. The van der Waals surface area contributed by atoms with E-state index in [1.807, 2.05) is 142 Å². The third-order valence-electron chi connectivity index (χ3n) is 17.9. The Morgan fingerprint density at radius 2 is 0.590 bits per heavy atom. The maximum Gasteiger partial charge on any atom is 0.339 e. The van der Waals surface area contributed by atoms with Gasteiger partial charge in [0.05, 0.1) is 105 Å². The lowest BCUT2D eigenvalue weighted by Crippen LogP contribution is -2.15. The molecule has 0 atom stereocenters. The van der Waals surface area contributed by atoms with Crippen LogP contribution in [0.5, 0.6) is 28.7 Å². The molecule has 36 heteroatoms. The fourth-order valence-electron chi connectivity index (χ4n) is 11.8. The molecule has 36 nitrogen and oxygen atoms in total.